The maximum Gasteiger partial charge on any atom is 0.264 e. The van der Waals surface area contributed by atoms with Crippen LogP contribution in [0.2, 0.25) is 5.02 Å². The van der Waals surface area contributed by atoms with Gasteiger partial charge in [0, 0.05) is 13.6 Å². The van der Waals surface area contributed by atoms with Gasteiger partial charge in [-0.05, 0) is 53.9 Å². The van der Waals surface area contributed by atoms with E-state index in [4.69, 9.17) is 16.3 Å². The number of carbonyl (C=O) groups is 1. The van der Waals surface area contributed by atoms with Gasteiger partial charge in [-0.1, -0.05) is 48.9 Å². The molecule has 0 saturated heterocycles. The molecule has 168 valence electrons. The Balaban J connectivity index is 1.79. The summed E-state index contributed by atoms with van der Waals surface area (Å²) in [5.41, 5.74) is 1.66. The van der Waals surface area contributed by atoms with Crippen LogP contribution in [0.25, 0.3) is 0 Å². The van der Waals surface area contributed by atoms with Crippen LogP contribution in [-0.2, 0) is 10.0 Å². The minimum atomic E-state index is -3.90. The van der Waals surface area contributed by atoms with Crippen LogP contribution in [0, 0.1) is 0 Å². The summed E-state index contributed by atoms with van der Waals surface area (Å²) in [7, 11) is -0.915. The van der Waals surface area contributed by atoms with E-state index in [9.17, 15) is 13.2 Å². The van der Waals surface area contributed by atoms with Crippen LogP contribution in [-0.4, -0.2) is 35.0 Å². The van der Waals surface area contributed by atoms with Crippen molar-refractivity contribution in [3.05, 3.63) is 88.9 Å². The fourth-order valence-corrected chi connectivity index (χ4v) is 4.59. The number of rotatable bonds is 8. The van der Waals surface area contributed by atoms with E-state index in [0.29, 0.717) is 18.0 Å². The summed E-state index contributed by atoms with van der Waals surface area (Å²) in [4.78, 5) is 12.7. The molecule has 3 aromatic rings. The summed E-state index contributed by atoms with van der Waals surface area (Å²) in [5.74, 6) is 0.281. The van der Waals surface area contributed by atoms with Crippen LogP contribution in [0.4, 0.5) is 5.69 Å². The van der Waals surface area contributed by atoms with E-state index in [0.717, 1.165) is 9.87 Å². The van der Waals surface area contributed by atoms with Crippen molar-refractivity contribution >= 4 is 33.2 Å². The monoisotopic (exact) mass is 472 g/mol. The van der Waals surface area contributed by atoms with E-state index in [-0.39, 0.29) is 21.4 Å². The van der Waals surface area contributed by atoms with E-state index in [1.807, 2.05) is 37.3 Å². The Bertz CT molecular complexity index is 1180. The molecule has 0 fully saturated rings. The fourth-order valence-electron chi connectivity index (χ4n) is 3.17. The third-order valence-electron chi connectivity index (χ3n) is 5.21. The Hall–Kier alpha value is -3.03. The molecule has 6 nitrogen and oxygen atoms in total. The first-order valence-corrected chi connectivity index (χ1v) is 11.8. The molecule has 1 atom stereocenters. The van der Waals surface area contributed by atoms with E-state index >= 15 is 0 Å². The summed E-state index contributed by atoms with van der Waals surface area (Å²) in [6.07, 6.45) is 0. The molecule has 0 saturated carbocycles. The van der Waals surface area contributed by atoms with Crippen LogP contribution >= 0.6 is 11.6 Å². The van der Waals surface area contributed by atoms with Crippen molar-refractivity contribution in [2.24, 2.45) is 0 Å². The third-order valence-corrected chi connectivity index (χ3v) is 7.33. The van der Waals surface area contributed by atoms with E-state index in [2.05, 4.69) is 5.32 Å². The highest BCUT2D eigenvalue weighted by molar-refractivity contribution is 7.92. The number of hydrogen-bond acceptors (Lipinski definition) is 4. The Morgan fingerprint density at radius 1 is 1.06 bits per heavy atom. The second-order valence-electron chi connectivity index (χ2n) is 7.33. The summed E-state index contributed by atoms with van der Waals surface area (Å²) in [5, 5.41) is 3.03. The van der Waals surface area contributed by atoms with Crippen molar-refractivity contribution in [2.75, 3.05) is 25.0 Å². The first-order chi connectivity index (χ1) is 15.2. The minimum Gasteiger partial charge on any atom is -0.497 e. The average molecular weight is 473 g/mol. The van der Waals surface area contributed by atoms with E-state index < -0.39 is 15.9 Å². The number of sulfonamides is 1. The molecule has 1 N–H and O–H groups in total. The van der Waals surface area contributed by atoms with Crippen molar-refractivity contribution in [3.63, 3.8) is 0 Å². The van der Waals surface area contributed by atoms with Crippen molar-refractivity contribution in [3.8, 4) is 5.75 Å². The van der Waals surface area contributed by atoms with Gasteiger partial charge in [-0.2, -0.15) is 0 Å². The smallest absolute Gasteiger partial charge is 0.264 e. The number of ether oxygens (including phenoxy) is 1. The predicted octanol–water partition coefficient (Wildman–Crippen LogP) is 4.71. The lowest BCUT2D eigenvalue weighted by Gasteiger charge is -2.20. The number of benzene rings is 3. The Morgan fingerprint density at radius 2 is 1.72 bits per heavy atom. The molecule has 8 heteroatoms. The molecule has 0 aliphatic rings. The first-order valence-electron chi connectivity index (χ1n) is 9.99. The molecule has 0 radical (unpaired) electrons. The van der Waals surface area contributed by atoms with Crippen LogP contribution in [0.1, 0.15) is 28.8 Å². The molecule has 0 aliphatic heterocycles. The van der Waals surface area contributed by atoms with Crippen LogP contribution in [0.15, 0.2) is 77.7 Å². The van der Waals surface area contributed by atoms with Gasteiger partial charge in [0.1, 0.15) is 5.75 Å². The minimum absolute atomic E-state index is 0.0264. The zero-order chi connectivity index (χ0) is 23.3. The Morgan fingerprint density at radius 3 is 2.34 bits per heavy atom. The number of methoxy groups -OCH3 is 1. The molecular weight excluding hydrogens is 448 g/mol. The molecule has 0 bridgehead atoms. The summed E-state index contributed by atoms with van der Waals surface area (Å²) in [6.45, 7) is 2.39. The van der Waals surface area contributed by atoms with Gasteiger partial charge in [-0.25, -0.2) is 8.42 Å². The zero-order valence-electron chi connectivity index (χ0n) is 18.1. The van der Waals surface area contributed by atoms with Gasteiger partial charge in [0.15, 0.2) is 0 Å². The zero-order valence-corrected chi connectivity index (χ0v) is 19.7. The second-order valence-corrected chi connectivity index (χ2v) is 9.71. The molecule has 0 aromatic heterocycles. The number of halogens is 1. The number of nitrogens with zero attached hydrogens (tertiary/aromatic N) is 1. The highest BCUT2D eigenvalue weighted by atomic mass is 35.5. The molecular formula is C24H25ClN2O4S. The van der Waals surface area contributed by atoms with E-state index in [1.165, 1.54) is 32.4 Å². The predicted molar refractivity (Wildman–Crippen MR) is 127 cm³/mol. The molecule has 32 heavy (non-hydrogen) atoms. The highest BCUT2D eigenvalue weighted by Crippen LogP contribution is 2.27. The van der Waals surface area contributed by atoms with Gasteiger partial charge in [-0.15, -0.1) is 0 Å². The number of anilines is 1. The van der Waals surface area contributed by atoms with Crippen molar-refractivity contribution in [1.29, 1.82) is 0 Å². The number of amides is 1. The SMILES string of the molecule is COc1ccc(N(C)S(=O)(=O)c2ccc(Cl)c(C(=O)NCC(C)c3ccccc3)c2)cc1. The molecule has 3 rings (SSSR count). The van der Waals surface area contributed by atoms with Gasteiger partial charge >= 0.3 is 0 Å². The fraction of sp³-hybridized carbons (Fsp3) is 0.208. The molecule has 3 aromatic carbocycles. The third kappa shape index (κ3) is 5.23. The first kappa shape index (κ1) is 23.6. The average Bonchev–Trinajstić information content (AvgIpc) is 2.82. The van der Waals surface area contributed by atoms with Gasteiger partial charge in [0.05, 0.1) is 28.3 Å². The summed E-state index contributed by atoms with van der Waals surface area (Å²) < 4.78 is 32.6. The lowest BCUT2D eigenvalue weighted by Crippen LogP contribution is -2.29. The van der Waals surface area contributed by atoms with Gasteiger partial charge in [0.2, 0.25) is 0 Å². The Kier molecular flexibility index (Phi) is 7.43. The largest absolute Gasteiger partial charge is 0.497 e. The summed E-state index contributed by atoms with van der Waals surface area (Å²) in [6, 6.07) is 20.6. The van der Waals surface area contributed by atoms with Crippen molar-refractivity contribution in [1.82, 2.24) is 5.32 Å². The number of hydrogen-bond donors (Lipinski definition) is 1. The molecule has 1 amide bonds. The maximum absolute atomic E-state index is 13.1. The maximum atomic E-state index is 13.1. The quantitative estimate of drug-likeness (QED) is 0.515. The molecule has 0 heterocycles. The van der Waals surface area contributed by atoms with Gasteiger partial charge in [-0.3, -0.25) is 9.10 Å². The van der Waals surface area contributed by atoms with Crippen molar-refractivity contribution in [2.45, 2.75) is 17.7 Å². The van der Waals surface area contributed by atoms with Gasteiger partial charge < -0.3 is 10.1 Å². The second kappa shape index (κ2) is 10.1. The molecule has 0 aliphatic carbocycles. The standard InChI is InChI=1S/C24H25ClN2O4S/c1-17(18-7-5-4-6-8-18)16-26-24(28)22-15-21(13-14-23(22)25)32(29,30)27(2)19-9-11-20(31-3)12-10-19/h4-15,17H,16H2,1-3H3,(H,26,28). The number of carbonyl (C=O) groups excluding carboxylic acids is 1. The van der Waals surface area contributed by atoms with E-state index in [1.54, 1.807) is 24.3 Å². The topological polar surface area (TPSA) is 75.7 Å². The highest BCUT2D eigenvalue weighted by Gasteiger charge is 2.24. The van der Waals surface area contributed by atoms with Crippen LogP contribution in [0.3, 0.4) is 0 Å². The van der Waals surface area contributed by atoms with Crippen LogP contribution in [0.5, 0.6) is 5.75 Å². The number of nitrogens with one attached hydrogen (secondary N) is 1. The lowest BCUT2D eigenvalue weighted by molar-refractivity contribution is 0.0951. The Labute approximate surface area is 193 Å². The van der Waals surface area contributed by atoms with Crippen molar-refractivity contribution < 1.29 is 17.9 Å². The molecule has 0 spiro atoms. The van der Waals surface area contributed by atoms with Crippen LogP contribution < -0.4 is 14.4 Å². The van der Waals surface area contributed by atoms with Gasteiger partial charge in [0.25, 0.3) is 15.9 Å². The normalized spacial score (nSPS) is 12.1. The lowest BCUT2D eigenvalue weighted by atomic mass is 10.0. The molecule has 1 unspecified atom stereocenters. The summed E-state index contributed by atoms with van der Waals surface area (Å²) >= 11 is 6.22.